The van der Waals surface area contributed by atoms with Crippen LogP contribution in [0.2, 0.25) is 0 Å². The minimum atomic E-state index is 0.643. The Labute approximate surface area is 128 Å². The Bertz CT molecular complexity index is 491. The summed E-state index contributed by atoms with van der Waals surface area (Å²) in [5, 5.41) is 6.79. The van der Waals surface area contributed by atoms with E-state index in [1.54, 1.807) is 0 Å². The van der Waals surface area contributed by atoms with Gasteiger partial charge in [-0.3, -0.25) is 5.01 Å². The molecule has 0 saturated carbocycles. The van der Waals surface area contributed by atoms with Gasteiger partial charge in [0.2, 0.25) is 0 Å². The molecule has 0 aromatic heterocycles. The Morgan fingerprint density at radius 1 is 0.857 bits per heavy atom. The van der Waals surface area contributed by atoms with Crippen LogP contribution in [0.25, 0.3) is 0 Å². The van der Waals surface area contributed by atoms with Gasteiger partial charge in [0.15, 0.2) is 0 Å². The first-order chi connectivity index (χ1) is 10.2. The van der Waals surface area contributed by atoms with E-state index in [1.165, 1.54) is 11.1 Å². The molecule has 0 spiro atoms. The van der Waals surface area contributed by atoms with Gasteiger partial charge in [-0.25, -0.2) is 0 Å². The van der Waals surface area contributed by atoms with Crippen LogP contribution < -0.4 is 0 Å². The maximum Gasteiger partial charge on any atom is 0.0614 e. The van der Waals surface area contributed by atoms with Gasteiger partial charge >= 0.3 is 0 Å². The van der Waals surface area contributed by atoms with E-state index in [0.29, 0.717) is 5.92 Å². The van der Waals surface area contributed by atoms with Crippen molar-refractivity contribution in [3.05, 3.63) is 71.8 Å². The van der Waals surface area contributed by atoms with Crippen molar-refractivity contribution in [1.82, 2.24) is 5.01 Å². The van der Waals surface area contributed by atoms with E-state index < -0.39 is 0 Å². The number of hydrazone groups is 1. The highest BCUT2D eigenvalue weighted by atomic mass is 15.4. The highest BCUT2D eigenvalue weighted by Crippen LogP contribution is 2.10. The molecule has 2 nitrogen and oxygen atoms in total. The average Bonchev–Trinajstić information content (AvgIpc) is 2.49. The van der Waals surface area contributed by atoms with Crippen LogP contribution >= 0.6 is 0 Å². The quantitative estimate of drug-likeness (QED) is 0.529. The van der Waals surface area contributed by atoms with E-state index in [0.717, 1.165) is 19.5 Å². The van der Waals surface area contributed by atoms with Gasteiger partial charge in [-0.05, 0) is 23.5 Å². The summed E-state index contributed by atoms with van der Waals surface area (Å²) in [7, 11) is 0. The molecule has 0 saturated heterocycles. The third kappa shape index (κ3) is 5.82. The molecule has 2 heteroatoms. The molecule has 0 unspecified atom stereocenters. The van der Waals surface area contributed by atoms with Crippen molar-refractivity contribution >= 4 is 6.21 Å². The highest BCUT2D eigenvalue weighted by Gasteiger charge is 2.03. The second-order valence-corrected chi connectivity index (χ2v) is 5.72. The molecule has 2 aromatic rings. The first-order valence-electron chi connectivity index (χ1n) is 7.59. The third-order valence-electron chi connectivity index (χ3n) is 3.24. The lowest BCUT2D eigenvalue weighted by Crippen LogP contribution is -2.17. The maximum absolute atomic E-state index is 4.66. The van der Waals surface area contributed by atoms with Gasteiger partial charge < -0.3 is 0 Å². The molecule has 0 heterocycles. The number of hydrogen-bond acceptors (Lipinski definition) is 2. The molecule has 0 aliphatic heterocycles. The fraction of sp³-hybridized carbons (Fsp3) is 0.316. The predicted molar refractivity (Wildman–Crippen MR) is 90.1 cm³/mol. The largest absolute Gasteiger partial charge is 0.289 e. The van der Waals surface area contributed by atoms with Crippen LogP contribution in [0.15, 0.2) is 65.8 Å². The summed E-state index contributed by atoms with van der Waals surface area (Å²) >= 11 is 0. The van der Waals surface area contributed by atoms with Gasteiger partial charge in [0.05, 0.1) is 13.1 Å². The summed E-state index contributed by atoms with van der Waals surface area (Å²) < 4.78 is 0. The fourth-order valence-electron chi connectivity index (χ4n) is 2.10. The molecule has 0 N–H and O–H groups in total. The molecule has 0 atom stereocenters. The van der Waals surface area contributed by atoms with Crippen LogP contribution in [0.4, 0.5) is 0 Å². The first kappa shape index (κ1) is 15.3. The highest BCUT2D eigenvalue weighted by molar-refractivity contribution is 5.56. The van der Waals surface area contributed by atoms with Crippen molar-refractivity contribution in [2.75, 3.05) is 0 Å². The predicted octanol–water partition coefficient (Wildman–Crippen LogP) is 4.72. The van der Waals surface area contributed by atoms with Crippen LogP contribution in [-0.2, 0) is 13.1 Å². The molecule has 21 heavy (non-hydrogen) atoms. The van der Waals surface area contributed by atoms with Crippen molar-refractivity contribution in [1.29, 1.82) is 0 Å². The lowest BCUT2D eigenvalue weighted by molar-refractivity contribution is 0.271. The standard InChI is InChI=1S/C19H24N2/c1-17(2)13-14-20-21(15-18-9-5-3-6-10-18)16-19-11-7-4-8-12-19/h3-12,14,17H,13,15-16H2,1-2H3. The van der Waals surface area contributed by atoms with Crippen molar-refractivity contribution in [3.63, 3.8) is 0 Å². The van der Waals surface area contributed by atoms with Crippen LogP contribution in [0.5, 0.6) is 0 Å². The number of hydrogen-bond donors (Lipinski definition) is 0. The summed E-state index contributed by atoms with van der Waals surface area (Å²) in [4.78, 5) is 0. The normalized spacial score (nSPS) is 11.2. The zero-order chi connectivity index (χ0) is 14.9. The lowest BCUT2D eigenvalue weighted by Gasteiger charge is -2.19. The lowest BCUT2D eigenvalue weighted by atomic mass is 10.1. The average molecular weight is 280 g/mol. The molecule has 0 aliphatic rings. The van der Waals surface area contributed by atoms with E-state index in [1.807, 2.05) is 18.3 Å². The Kier molecular flexibility index (Phi) is 6.01. The summed E-state index contributed by atoms with van der Waals surface area (Å²) in [6, 6.07) is 21.0. The van der Waals surface area contributed by atoms with E-state index in [-0.39, 0.29) is 0 Å². The first-order valence-corrected chi connectivity index (χ1v) is 7.59. The molecule has 0 bridgehead atoms. The SMILES string of the molecule is CC(C)CC=NN(Cc1ccccc1)Cc1ccccc1. The van der Waals surface area contributed by atoms with Gasteiger partial charge in [0.25, 0.3) is 0 Å². The van der Waals surface area contributed by atoms with Crippen LogP contribution in [0.1, 0.15) is 31.4 Å². The van der Waals surface area contributed by atoms with Crippen molar-refractivity contribution in [3.8, 4) is 0 Å². The van der Waals surface area contributed by atoms with Crippen molar-refractivity contribution in [2.24, 2.45) is 11.0 Å². The van der Waals surface area contributed by atoms with Gasteiger partial charge in [0, 0.05) is 6.21 Å². The van der Waals surface area contributed by atoms with Crippen molar-refractivity contribution in [2.45, 2.75) is 33.4 Å². The van der Waals surface area contributed by atoms with Gasteiger partial charge in [-0.15, -0.1) is 0 Å². The van der Waals surface area contributed by atoms with E-state index in [2.05, 4.69) is 72.5 Å². The minimum absolute atomic E-state index is 0.643. The topological polar surface area (TPSA) is 15.6 Å². The van der Waals surface area contributed by atoms with Gasteiger partial charge in [-0.2, -0.15) is 5.10 Å². The smallest absolute Gasteiger partial charge is 0.0614 e. The van der Waals surface area contributed by atoms with E-state index in [9.17, 15) is 0 Å². The molecule has 2 rings (SSSR count). The Hall–Kier alpha value is -2.09. The summed E-state index contributed by atoms with van der Waals surface area (Å²) in [6.45, 7) is 6.10. The van der Waals surface area contributed by atoms with E-state index >= 15 is 0 Å². The third-order valence-corrected chi connectivity index (χ3v) is 3.24. The fourth-order valence-corrected chi connectivity index (χ4v) is 2.10. The van der Waals surface area contributed by atoms with Crippen molar-refractivity contribution < 1.29 is 0 Å². The second-order valence-electron chi connectivity index (χ2n) is 5.72. The Balaban J connectivity index is 2.04. The maximum atomic E-state index is 4.66. The van der Waals surface area contributed by atoms with Crippen LogP contribution in [-0.4, -0.2) is 11.2 Å². The Morgan fingerprint density at radius 2 is 1.33 bits per heavy atom. The molecule has 110 valence electrons. The molecule has 0 radical (unpaired) electrons. The minimum Gasteiger partial charge on any atom is -0.289 e. The van der Waals surface area contributed by atoms with Crippen LogP contribution in [0.3, 0.4) is 0 Å². The summed E-state index contributed by atoms with van der Waals surface area (Å²) in [6.07, 6.45) is 3.05. The number of nitrogens with zero attached hydrogens (tertiary/aromatic N) is 2. The zero-order valence-corrected chi connectivity index (χ0v) is 12.9. The molecule has 0 aliphatic carbocycles. The summed E-state index contributed by atoms with van der Waals surface area (Å²) in [5.41, 5.74) is 2.57. The van der Waals surface area contributed by atoms with Gasteiger partial charge in [0.1, 0.15) is 0 Å². The molecular formula is C19H24N2. The second kappa shape index (κ2) is 8.25. The van der Waals surface area contributed by atoms with Gasteiger partial charge in [-0.1, -0.05) is 74.5 Å². The monoisotopic (exact) mass is 280 g/mol. The zero-order valence-electron chi connectivity index (χ0n) is 12.9. The van der Waals surface area contributed by atoms with E-state index in [4.69, 9.17) is 0 Å². The Morgan fingerprint density at radius 3 is 1.76 bits per heavy atom. The molecule has 0 fully saturated rings. The number of rotatable bonds is 7. The molecule has 0 amide bonds. The number of benzene rings is 2. The summed E-state index contributed by atoms with van der Waals surface area (Å²) in [5.74, 6) is 0.643. The molecule has 2 aromatic carbocycles. The van der Waals surface area contributed by atoms with Crippen LogP contribution in [0, 0.1) is 5.92 Å². The molecular weight excluding hydrogens is 256 g/mol.